The Kier molecular flexibility index (Phi) is 4.43. The van der Waals surface area contributed by atoms with Crippen LogP contribution in [0, 0.1) is 6.92 Å². The highest BCUT2D eigenvalue weighted by Gasteiger charge is 2.29. The van der Waals surface area contributed by atoms with Gasteiger partial charge >= 0.3 is 0 Å². The van der Waals surface area contributed by atoms with Crippen LogP contribution in [0.3, 0.4) is 0 Å². The third-order valence-electron chi connectivity index (χ3n) is 5.36. The summed E-state index contributed by atoms with van der Waals surface area (Å²) in [6.45, 7) is 9.78. The molecule has 1 unspecified atom stereocenters. The lowest BCUT2D eigenvalue weighted by Crippen LogP contribution is -2.52. The Bertz CT molecular complexity index is 773. The maximum absolute atomic E-state index is 13.0. The topological polar surface area (TPSA) is 63.5 Å². The molecule has 134 valence electrons. The van der Waals surface area contributed by atoms with E-state index in [2.05, 4.69) is 15.0 Å². The van der Waals surface area contributed by atoms with Gasteiger partial charge in [0, 0.05) is 50.8 Å². The third-order valence-corrected chi connectivity index (χ3v) is 5.36. The first kappa shape index (κ1) is 16.5. The number of piperazine rings is 1. The summed E-state index contributed by atoms with van der Waals surface area (Å²) in [5.74, 6) is 0.0819. The van der Waals surface area contributed by atoms with Gasteiger partial charge in [-0.3, -0.25) is 9.69 Å². The first-order valence-electron chi connectivity index (χ1n) is 9.11. The lowest BCUT2D eigenvalue weighted by atomic mass is 10.1. The number of fused-ring (bicyclic) bond motifs is 1. The van der Waals surface area contributed by atoms with E-state index in [0.717, 1.165) is 69.1 Å². The molecule has 2 aliphatic heterocycles. The number of nitrogens with zero attached hydrogens (tertiary/aromatic N) is 5. The second-order valence-corrected chi connectivity index (χ2v) is 6.84. The lowest BCUT2D eigenvalue weighted by Gasteiger charge is -2.37. The number of pyridine rings is 1. The zero-order chi connectivity index (χ0) is 17.4. The molecule has 1 atom stereocenters. The Morgan fingerprint density at radius 3 is 2.80 bits per heavy atom. The quantitative estimate of drug-likeness (QED) is 0.841. The fourth-order valence-electron chi connectivity index (χ4n) is 3.81. The third kappa shape index (κ3) is 3.02. The second-order valence-electron chi connectivity index (χ2n) is 6.84. The minimum atomic E-state index is 0.0819. The predicted molar refractivity (Wildman–Crippen MR) is 94.6 cm³/mol. The molecule has 25 heavy (non-hydrogen) atoms. The summed E-state index contributed by atoms with van der Waals surface area (Å²) in [4.78, 5) is 22.0. The minimum absolute atomic E-state index is 0.0819. The lowest BCUT2D eigenvalue weighted by molar-refractivity contribution is 0.0548. The molecule has 2 aromatic rings. The highest BCUT2D eigenvalue weighted by molar-refractivity contribution is 5.98. The molecule has 0 aromatic carbocycles. The number of hydrogen-bond acceptors (Lipinski definition) is 5. The Labute approximate surface area is 147 Å². The van der Waals surface area contributed by atoms with Crippen molar-refractivity contribution in [1.82, 2.24) is 24.6 Å². The summed E-state index contributed by atoms with van der Waals surface area (Å²) in [5, 5.41) is 5.26. The summed E-state index contributed by atoms with van der Waals surface area (Å²) in [5.41, 5.74) is 2.32. The first-order valence-corrected chi connectivity index (χ1v) is 9.11. The molecule has 4 heterocycles. The highest BCUT2D eigenvalue weighted by atomic mass is 16.5. The Balaban J connectivity index is 1.49. The van der Waals surface area contributed by atoms with Gasteiger partial charge < -0.3 is 9.64 Å². The van der Waals surface area contributed by atoms with Gasteiger partial charge in [-0.25, -0.2) is 9.67 Å². The molecular weight excluding hydrogens is 318 g/mol. The van der Waals surface area contributed by atoms with Gasteiger partial charge in [-0.1, -0.05) is 0 Å². The molecule has 0 bridgehead atoms. The monoisotopic (exact) mass is 343 g/mol. The summed E-state index contributed by atoms with van der Waals surface area (Å²) in [6, 6.07) is 2.47. The van der Waals surface area contributed by atoms with E-state index < -0.39 is 0 Å². The summed E-state index contributed by atoms with van der Waals surface area (Å²) >= 11 is 0. The summed E-state index contributed by atoms with van der Waals surface area (Å²) in [7, 11) is 0. The first-order chi connectivity index (χ1) is 12.2. The van der Waals surface area contributed by atoms with Crippen LogP contribution in [0.25, 0.3) is 11.0 Å². The van der Waals surface area contributed by atoms with E-state index in [-0.39, 0.29) is 5.91 Å². The molecule has 0 aliphatic carbocycles. The fourth-order valence-corrected chi connectivity index (χ4v) is 3.81. The zero-order valence-corrected chi connectivity index (χ0v) is 14.9. The van der Waals surface area contributed by atoms with Crippen LogP contribution >= 0.6 is 0 Å². The van der Waals surface area contributed by atoms with Gasteiger partial charge in [0.25, 0.3) is 5.91 Å². The van der Waals surface area contributed by atoms with Crippen molar-refractivity contribution in [1.29, 1.82) is 0 Å². The van der Waals surface area contributed by atoms with Crippen molar-refractivity contribution < 1.29 is 9.53 Å². The number of ether oxygens (including phenoxy) is 1. The van der Waals surface area contributed by atoms with Gasteiger partial charge in [0.2, 0.25) is 0 Å². The van der Waals surface area contributed by atoms with E-state index in [1.54, 1.807) is 6.20 Å². The number of hydrogen-bond donors (Lipinski definition) is 0. The SMILES string of the molecule is CCn1ncc2cc(C(=O)N3CCN(C4CCOC4)CC3)c(C)nc21. The number of rotatable bonds is 3. The van der Waals surface area contributed by atoms with E-state index in [1.165, 1.54) is 0 Å². The molecule has 0 spiro atoms. The van der Waals surface area contributed by atoms with Crippen LogP contribution in [-0.4, -0.2) is 75.9 Å². The Morgan fingerprint density at radius 1 is 1.32 bits per heavy atom. The number of carbonyl (C=O) groups is 1. The number of amides is 1. The molecule has 2 aliphatic rings. The number of carbonyl (C=O) groups excluding carboxylic acids is 1. The zero-order valence-electron chi connectivity index (χ0n) is 14.9. The average molecular weight is 343 g/mol. The predicted octanol–water partition coefficient (Wildman–Crippen LogP) is 1.31. The minimum Gasteiger partial charge on any atom is -0.380 e. The molecule has 1 amide bonds. The van der Waals surface area contributed by atoms with Crippen LogP contribution in [-0.2, 0) is 11.3 Å². The van der Waals surface area contributed by atoms with Crippen LogP contribution in [0.5, 0.6) is 0 Å². The number of aromatic nitrogens is 3. The van der Waals surface area contributed by atoms with E-state index in [0.29, 0.717) is 11.6 Å². The van der Waals surface area contributed by atoms with Crippen molar-refractivity contribution in [2.45, 2.75) is 32.9 Å². The molecule has 0 radical (unpaired) electrons. The number of aryl methyl sites for hydroxylation is 2. The highest BCUT2D eigenvalue weighted by Crippen LogP contribution is 2.20. The average Bonchev–Trinajstić information content (AvgIpc) is 3.30. The molecule has 7 nitrogen and oxygen atoms in total. The van der Waals surface area contributed by atoms with Gasteiger partial charge in [-0.2, -0.15) is 5.10 Å². The van der Waals surface area contributed by atoms with Crippen molar-refractivity contribution in [2.75, 3.05) is 39.4 Å². The maximum Gasteiger partial charge on any atom is 0.255 e. The van der Waals surface area contributed by atoms with Gasteiger partial charge in [-0.05, 0) is 26.3 Å². The smallest absolute Gasteiger partial charge is 0.255 e. The summed E-state index contributed by atoms with van der Waals surface area (Å²) < 4.78 is 7.34. The van der Waals surface area contributed by atoms with E-state index >= 15 is 0 Å². The molecule has 0 saturated carbocycles. The Hall–Kier alpha value is -1.99. The molecule has 7 heteroatoms. The normalized spacial score (nSPS) is 22.0. The fraction of sp³-hybridized carbons (Fsp3) is 0.611. The van der Waals surface area contributed by atoms with Crippen molar-refractivity contribution in [2.24, 2.45) is 0 Å². The van der Waals surface area contributed by atoms with Crippen LogP contribution < -0.4 is 0 Å². The standard InChI is InChI=1S/C18H25N5O2/c1-3-23-17-14(11-19-23)10-16(13(2)20-17)18(24)22-7-5-21(6-8-22)15-4-9-25-12-15/h10-11,15H,3-9,12H2,1-2H3. The van der Waals surface area contributed by atoms with Crippen molar-refractivity contribution in [3.8, 4) is 0 Å². The molecule has 0 N–H and O–H groups in total. The van der Waals surface area contributed by atoms with Crippen molar-refractivity contribution >= 4 is 16.9 Å². The van der Waals surface area contributed by atoms with Crippen LogP contribution in [0.4, 0.5) is 0 Å². The second kappa shape index (κ2) is 6.72. The maximum atomic E-state index is 13.0. The van der Waals surface area contributed by atoms with Gasteiger partial charge in [-0.15, -0.1) is 0 Å². The molecule has 2 saturated heterocycles. The summed E-state index contributed by atoms with van der Waals surface area (Å²) in [6.07, 6.45) is 2.90. The molecule has 4 rings (SSSR count). The molecule has 2 aromatic heterocycles. The molecular formula is C18H25N5O2. The van der Waals surface area contributed by atoms with E-state index in [1.807, 2.05) is 29.5 Å². The van der Waals surface area contributed by atoms with Crippen molar-refractivity contribution in [3.63, 3.8) is 0 Å². The van der Waals surface area contributed by atoms with E-state index in [4.69, 9.17) is 4.74 Å². The van der Waals surface area contributed by atoms with Crippen LogP contribution in [0.15, 0.2) is 12.3 Å². The van der Waals surface area contributed by atoms with Crippen LogP contribution in [0.2, 0.25) is 0 Å². The molecule has 2 fully saturated rings. The van der Waals surface area contributed by atoms with Gasteiger partial charge in [0.15, 0.2) is 5.65 Å². The van der Waals surface area contributed by atoms with Gasteiger partial charge in [0.1, 0.15) is 0 Å². The van der Waals surface area contributed by atoms with E-state index in [9.17, 15) is 4.79 Å². The van der Waals surface area contributed by atoms with Gasteiger partial charge in [0.05, 0.1) is 24.1 Å². The largest absolute Gasteiger partial charge is 0.380 e. The van der Waals surface area contributed by atoms with Crippen LogP contribution in [0.1, 0.15) is 29.4 Å². The van der Waals surface area contributed by atoms with Crippen molar-refractivity contribution in [3.05, 3.63) is 23.5 Å². The Morgan fingerprint density at radius 2 is 2.12 bits per heavy atom.